The zero-order valence-electron chi connectivity index (χ0n) is 12.0. The fourth-order valence-electron chi connectivity index (χ4n) is 2.13. The molecule has 0 N–H and O–H groups in total. The van der Waals surface area contributed by atoms with Gasteiger partial charge in [-0.3, -0.25) is 30.3 Å². The molecule has 13 heteroatoms. The molecule has 2 aromatic carbocycles. The Balaban J connectivity index is 2.87. The summed E-state index contributed by atoms with van der Waals surface area (Å²) < 4.78 is 0. The first-order chi connectivity index (χ1) is 11.8. The smallest absolute Gasteiger partial charge is 0.258 e. The molecule has 0 unspecified atom stereocenters. The topological polar surface area (TPSA) is 176 Å². The lowest BCUT2D eigenvalue weighted by Gasteiger charge is -2.13. The molecule has 0 heterocycles. The van der Waals surface area contributed by atoms with Crippen LogP contribution in [0.3, 0.4) is 0 Å². The van der Waals surface area contributed by atoms with Gasteiger partial charge in [0.25, 0.3) is 0 Å². The van der Waals surface area contributed by atoms with Crippen LogP contribution in [-0.4, -0.2) is 19.8 Å². The van der Waals surface area contributed by atoms with Gasteiger partial charge in [0.15, 0.2) is 10.7 Å². The van der Waals surface area contributed by atoms with Crippen molar-refractivity contribution in [2.75, 3.05) is 5.01 Å². The van der Waals surface area contributed by atoms with Crippen LogP contribution in [0.1, 0.15) is 0 Å². The summed E-state index contributed by atoms with van der Waals surface area (Å²) in [5, 5.41) is 44.0. The van der Waals surface area contributed by atoms with E-state index in [1.54, 1.807) is 0 Å². The maximum absolute atomic E-state index is 11.4. The van der Waals surface area contributed by atoms with Crippen LogP contribution in [-0.2, 0) is 0 Å². The molecule has 0 saturated heterocycles. The zero-order valence-corrected chi connectivity index (χ0v) is 12.0. The van der Waals surface area contributed by atoms with Gasteiger partial charge < -0.3 is 0 Å². The molecule has 0 fully saturated rings. The van der Waals surface area contributed by atoms with Gasteiger partial charge in [0.05, 0.1) is 14.8 Å². The fourth-order valence-corrected chi connectivity index (χ4v) is 2.13. The molecule has 0 atom stereocenters. The summed E-state index contributed by atoms with van der Waals surface area (Å²) in [4.78, 5) is 41.0. The highest BCUT2D eigenvalue weighted by Crippen LogP contribution is 2.45. The minimum absolute atomic E-state index is 0.126. The van der Waals surface area contributed by atoms with E-state index in [1.807, 2.05) is 0 Å². The predicted octanol–water partition coefficient (Wildman–Crippen LogP) is 2.74. The van der Waals surface area contributed by atoms with Crippen molar-refractivity contribution in [1.82, 2.24) is 0 Å². The molecule has 2 aromatic rings. The SMILES string of the molecule is O=[N+]([O-])c1ccc(N(c2ccccc2)[N+](=O)[O-])c([N+](=O)[O-])c1[N+](=O)[O-]. The standard InChI is InChI=1S/C12H7N5O8/c18-14(19)10-7-6-9(11(15(20)21)12(10)16(22)23)13(17(24)25)8-4-2-1-3-5-8/h1-7H. The summed E-state index contributed by atoms with van der Waals surface area (Å²) in [7, 11) is 0. The average molecular weight is 349 g/mol. The van der Waals surface area contributed by atoms with Gasteiger partial charge in [-0.25, -0.2) is 10.1 Å². The Morgan fingerprint density at radius 1 is 0.680 bits per heavy atom. The number of anilines is 2. The molecular formula is C12H7N5O8. The second-order valence-electron chi connectivity index (χ2n) is 4.46. The maximum Gasteiger partial charge on any atom is 0.424 e. The van der Waals surface area contributed by atoms with Gasteiger partial charge in [-0.2, -0.15) is 0 Å². The first-order valence-corrected chi connectivity index (χ1v) is 6.35. The van der Waals surface area contributed by atoms with Crippen LogP contribution < -0.4 is 5.01 Å². The van der Waals surface area contributed by atoms with Gasteiger partial charge in [0.1, 0.15) is 5.69 Å². The number of hydrogen-bond acceptors (Lipinski definition) is 8. The second kappa shape index (κ2) is 6.53. The number of hydrazine groups is 1. The van der Waals surface area contributed by atoms with E-state index in [2.05, 4.69) is 0 Å². The highest BCUT2D eigenvalue weighted by molar-refractivity contribution is 5.81. The lowest BCUT2D eigenvalue weighted by atomic mass is 10.2. The molecule has 0 spiro atoms. The van der Waals surface area contributed by atoms with Crippen molar-refractivity contribution >= 4 is 28.4 Å². The number of nitro benzene ring substituents is 3. The van der Waals surface area contributed by atoms with E-state index in [4.69, 9.17) is 0 Å². The summed E-state index contributed by atoms with van der Waals surface area (Å²) >= 11 is 0. The highest BCUT2D eigenvalue weighted by Gasteiger charge is 2.43. The number of rotatable bonds is 6. The Hall–Kier alpha value is -4.16. The fraction of sp³-hybridized carbons (Fsp3) is 0. The third-order valence-electron chi connectivity index (χ3n) is 3.06. The zero-order chi connectivity index (χ0) is 18.7. The third kappa shape index (κ3) is 3.14. The van der Waals surface area contributed by atoms with Crippen molar-refractivity contribution in [2.24, 2.45) is 0 Å². The maximum atomic E-state index is 11.4. The van der Waals surface area contributed by atoms with Crippen molar-refractivity contribution < 1.29 is 19.8 Å². The lowest BCUT2D eigenvalue weighted by molar-refractivity contribution is -0.485. The van der Waals surface area contributed by atoms with Crippen LogP contribution in [0.5, 0.6) is 0 Å². The van der Waals surface area contributed by atoms with Gasteiger partial charge in [-0.15, -0.1) is 0 Å². The van der Waals surface area contributed by atoms with Gasteiger partial charge in [0.2, 0.25) is 0 Å². The molecule has 0 saturated carbocycles. The van der Waals surface area contributed by atoms with E-state index >= 15 is 0 Å². The summed E-state index contributed by atoms with van der Waals surface area (Å²) in [6.07, 6.45) is 0. The normalized spacial score (nSPS) is 10.1. The minimum Gasteiger partial charge on any atom is -0.258 e. The van der Waals surface area contributed by atoms with Crippen molar-refractivity contribution in [2.45, 2.75) is 0 Å². The summed E-state index contributed by atoms with van der Waals surface area (Å²) in [5.41, 5.74) is -4.83. The summed E-state index contributed by atoms with van der Waals surface area (Å²) in [6.45, 7) is 0. The van der Waals surface area contributed by atoms with E-state index in [1.165, 1.54) is 30.3 Å². The molecule has 0 bridgehead atoms. The number of para-hydroxylation sites is 1. The number of hydrogen-bond donors (Lipinski definition) is 0. The van der Waals surface area contributed by atoms with Crippen LogP contribution >= 0.6 is 0 Å². The van der Waals surface area contributed by atoms with Crippen LogP contribution in [0.2, 0.25) is 0 Å². The van der Waals surface area contributed by atoms with Crippen LogP contribution in [0, 0.1) is 40.5 Å². The van der Waals surface area contributed by atoms with E-state index in [0.717, 1.165) is 6.07 Å². The van der Waals surface area contributed by atoms with E-state index in [-0.39, 0.29) is 10.7 Å². The minimum atomic E-state index is -1.43. The Kier molecular flexibility index (Phi) is 4.49. The second-order valence-corrected chi connectivity index (χ2v) is 4.46. The van der Waals surface area contributed by atoms with Crippen molar-refractivity contribution in [3.63, 3.8) is 0 Å². The highest BCUT2D eigenvalue weighted by atomic mass is 16.7. The Labute approximate surface area is 137 Å². The number of nitro groups is 4. The summed E-state index contributed by atoms with van der Waals surface area (Å²) in [6, 6.07) is 8.20. The van der Waals surface area contributed by atoms with Crippen molar-refractivity contribution in [3.05, 3.63) is 82.9 Å². The Bertz CT molecular complexity index is 885. The average Bonchev–Trinajstić information content (AvgIpc) is 2.54. The molecule has 0 amide bonds. The van der Waals surface area contributed by atoms with Gasteiger partial charge in [-0.05, 0) is 18.2 Å². The van der Waals surface area contributed by atoms with E-state index < -0.39 is 42.6 Å². The molecule has 2 rings (SSSR count). The first-order valence-electron chi connectivity index (χ1n) is 6.35. The molecule has 0 aromatic heterocycles. The monoisotopic (exact) mass is 349 g/mol. The molecule has 128 valence electrons. The van der Waals surface area contributed by atoms with Crippen molar-refractivity contribution in [1.29, 1.82) is 0 Å². The number of nitrogens with zero attached hydrogens (tertiary/aromatic N) is 5. The quantitative estimate of drug-likeness (QED) is 0.560. The third-order valence-corrected chi connectivity index (χ3v) is 3.06. The molecule has 0 aliphatic heterocycles. The van der Waals surface area contributed by atoms with Gasteiger partial charge in [-0.1, -0.05) is 23.2 Å². The van der Waals surface area contributed by atoms with Crippen LogP contribution in [0.15, 0.2) is 42.5 Å². The van der Waals surface area contributed by atoms with E-state index in [9.17, 15) is 40.5 Å². The van der Waals surface area contributed by atoms with Crippen LogP contribution in [0.25, 0.3) is 0 Å². The molecule has 0 radical (unpaired) electrons. The Morgan fingerprint density at radius 3 is 1.68 bits per heavy atom. The molecule has 25 heavy (non-hydrogen) atoms. The molecule has 13 nitrogen and oxygen atoms in total. The summed E-state index contributed by atoms with van der Waals surface area (Å²) in [5.74, 6) is 0. The molecule has 0 aliphatic rings. The first kappa shape index (κ1) is 17.2. The van der Waals surface area contributed by atoms with Gasteiger partial charge in [0, 0.05) is 6.07 Å². The molecular weight excluding hydrogens is 342 g/mol. The Morgan fingerprint density at radius 2 is 1.24 bits per heavy atom. The molecule has 0 aliphatic carbocycles. The lowest BCUT2D eigenvalue weighted by Crippen LogP contribution is -2.25. The van der Waals surface area contributed by atoms with Gasteiger partial charge >= 0.3 is 17.1 Å². The number of benzene rings is 2. The van der Waals surface area contributed by atoms with Crippen LogP contribution in [0.4, 0.5) is 28.4 Å². The van der Waals surface area contributed by atoms with Crippen molar-refractivity contribution in [3.8, 4) is 0 Å². The van der Waals surface area contributed by atoms with E-state index in [0.29, 0.717) is 6.07 Å². The predicted molar refractivity (Wildman–Crippen MR) is 82.0 cm³/mol. The largest absolute Gasteiger partial charge is 0.424 e.